The van der Waals surface area contributed by atoms with Crippen molar-refractivity contribution < 1.29 is 0 Å². The molecule has 2 aliphatic carbocycles. The van der Waals surface area contributed by atoms with Gasteiger partial charge in [0.05, 0.1) is 0 Å². The maximum absolute atomic E-state index is 3.89. The molecular weight excluding hydrogens is 242 g/mol. The summed E-state index contributed by atoms with van der Waals surface area (Å²) in [5.41, 5.74) is 0. The molecule has 0 radical (unpaired) electrons. The average Bonchev–Trinajstić information content (AvgIpc) is 2.53. The Morgan fingerprint density at radius 2 is 1.10 bits per heavy atom. The topological polar surface area (TPSA) is 12.0 Å². The van der Waals surface area contributed by atoms with Crippen LogP contribution in [-0.2, 0) is 0 Å². The van der Waals surface area contributed by atoms with Gasteiger partial charge in [-0.25, -0.2) is 0 Å². The number of hydrogen-bond donors (Lipinski definition) is 1. The van der Waals surface area contributed by atoms with Crippen molar-refractivity contribution in [1.29, 1.82) is 0 Å². The summed E-state index contributed by atoms with van der Waals surface area (Å²) in [5, 5.41) is 3.89. The van der Waals surface area contributed by atoms with E-state index in [2.05, 4.69) is 26.1 Å². The fourth-order valence-corrected chi connectivity index (χ4v) is 4.87. The standard InChI is InChI=1S/C19H37N/c1-4-15-7-11-17(12-8-15)19(20-6-3)18-13-9-16(5-2)10-14-18/h15-20H,4-14H2,1-3H3. The quantitative estimate of drug-likeness (QED) is 0.686. The monoisotopic (exact) mass is 279 g/mol. The zero-order valence-corrected chi connectivity index (χ0v) is 14.2. The van der Waals surface area contributed by atoms with Gasteiger partial charge in [0.25, 0.3) is 0 Å². The zero-order chi connectivity index (χ0) is 14.4. The van der Waals surface area contributed by atoms with Crippen LogP contribution in [0.5, 0.6) is 0 Å². The summed E-state index contributed by atoms with van der Waals surface area (Å²) in [6.07, 6.45) is 14.7. The highest BCUT2D eigenvalue weighted by molar-refractivity contribution is 4.88. The van der Waals surface area contributed by atoms with Crippen molar-refractivity contribution in [3.05, 3.63) is 0 Å². The second-order valence-electron chi connectivity index (χ2n) is 7.46. The van der Waals surface area contributed by atoms with E-state index in [0.29, 0.717) is 0 Å². The summed E-state index contributed by atoms with van der Waals surface area (Å²) >= 11 is 0. The molecule has 0 saturated heterocycles. The van der Waals surface area contributed by atoms with Crippen molar-refractivity contribution in [1.82, 2.24) is 5.32 Å². The third-order valence-electron chi connectivity index (χ3n) is 6.39. The summed E-state index contributed by atoms with van der Waals surface area (Å²) < 4.78 is 0. The van der Waals surface area contributed by atoms with Crippen LogP contribution in [0.25, 0.3) is 0 Å². The highest BCUT2D eigenvalue weighted by Gasteiger charge is 2.33. The van der Waals surface area contributed by atoms with Crippen LogP contribution in [0, 0.1) is 23.7 Å². The Bertz CT molecular complexity index is 222. The highest BCUT2D eigenvalue weighted by Crippen LogP contribution is 2.39. The van der Waals surface area contributed by atoms with Crippen LogP contribution < -0.4 is 5.32 Å². The maximum atomic E-state index is 3.89. The van der Waals surface area contributed by atoms with Gasteiger partial charge in [-0.2, -0.15) is 0 Å². The fourth-order valence-electron chi connectivity index (χ4n) is 4.87. The molecule has 2 saturated carbocycles. The van der Waals surface area contributed by atoms with Gasteiger partial charge in [-0.15, -0.1) is 0 Å². The molecular formula is C19H37N. The zero-order valence-electron chi connectivity index (χ0n) is 14.2. The van der Waals surface area contributed by atoms with E-state index in [-0.39, 0.29) is 0 Å². The lowest BCUT2D eigenvalue weighted by Crippen LogP contribution is -2.44. The van der Waals surface area contributed by atoms with Gasteiger partial charge in [0.1, 0.15) is 0 Å². The molecule has 1 heteroatoms. The Hall–Kier alpha value is -0.0400. The molecule has 0 aromatic heterocycles. The van der Waals surface area contributed by atoms with Gasteiger partial charge in [0, 0.05) is 6.04 Å². The van der Waals surface area contributed by atoms with Gasteiger partial charge in [0.2, 0.25) is 0 Å². The van der Waals surface area contributed by atoms with Crippen LogP contribution in [0.3, 0.4) is 0 Å². The smallest absolute Gasteiger partial charge is 0.0123 e. The molecule has 1 nitrogen and oxygen atoms in total. The molecule has 0 aromatic carbocycles. The third kappa shape index (κ3) is 4.23. The number of nitrogens with one attached hydrogen (secondary N) is 1. The first-order valence-electron chi connectivity index (χ1n) is 9.51. The molecule has 0 unspecified atom stereocenters. The summed E-state index contributed by atoms with van der Waals surface area (Å²) in [6, 6.07) is 0.829. The molecule has 0 amide bonds. The summed E-state index contributed by atoms with van der Waals surface area (Å²) in [5.74, 6) is 4.01. The normalized spacial score (nSPS) is 36.8. The second-order valence-corrected chi connectivity index (χ2v) is 7.46. The minimum Gasteiger partial charge on any atom is -0.314 e. The largest absolute Gasteiger partial charge is 0.314 e. The van der Waals surface area contributed by atoms with Crippen LogP contribution in [-0.4, -0.2) is 12.6 Å². The van der Waals surface area contributed by atoms with E-state index < -0.39 is 0 Å². The van der Waals surface area contributed by atoms with Crippen molar-refractivity contribution in [3.8, 4) is 0 Å². The van der Waals surface area contributed by atoms with Gasteiger partial charge in [0.15, 0.2) is 0 Å². The van der Waals surface area contributed by atoms with E-state index in [1.54, 1.807) is 0 Å². The van der Waals surface area contributed by atoms with Crippen molar-refractivity contribution in [3.63, 3.8) is 0 Å². The predicted molar refractivity (Wildman–Crippen MR) is 88.9 cm³/mol. The van der Waals surface area contributed by atoms with Crippen molar-refractivity contribution in [2.24, 2.45) is 23.7 Å². The Morgan fingerprint density at radius 1 is 0.700 bits per heavy atom. The molecule has 0 aliphatic heterocycles. The Kier molecular flexibility index (Phi) is 6.87. The molecule has 0 aromatic rings. The van der Waals surface area contributed by atoms with Gasteiger partial charge in [-0.3, -0.25) is 0 Å². The predicted octanol–water partition coefficient (Wildman–Crippen LogP) is 5.40. The van der Waals surface area contributed by atoms with Crippen LogP contribution in [0.4, 0.5) is 0 Å². The third-order valence-corrected chi connectivity index (χ3v) is 6.39. The molecule has 0 atom stereocenters. The second kappa shape index (κ2) is 8.41. The summed E-state index contributed by atoms with van der Waals surface area (Å²) in [4.78, 5) is 0. The number of rotatable bonds is 6. The minimum absolute atomic E-state index is 0.829. The Balaban J connectivity index is 1.87. The number of hydrogen-bond acceptors (Lipinski definition) is 1. The maximum Gasteiger partial charge on any atom is 0.0123 e. The van der Waals surface area contributed by atoms with E-state index in [1.807, 2.05) is 0 Å². The first kappa shape index (κ1) is 16.3. The molecule has 2 rings (SSSR count). The molecule has 0 spiro atoms. The van der Waals surface area contributed by atoms with Gasteiger partial charge >= 0.3 is 0 Å². The van der Waals surface area contributed by atoms with E-state index in [9.17, 15) is 0 Å². The lowest BCUT2D eigenvalue weighted by Gasteiger charge is -2.41. The van der Waals surface area contributed by atoms with Crippen LogP contribution in [0.2, 0.25) is 0 Å². The molecule has 2 fully saturated rings. The van der Waals surface area contributed by atoms with Gasteiger partial charge in [-0.05, 0) is 55.9 Å². The van der Waals surface area contributed by atoms with E-state index in [4.69, 9.17) is 0 Å². The lowest BCUT2D eigenvalue weighted by molar-refractivity contribution is 0.137. The minimum atomic E-state index is 0.829. The molecule has 0 bridgehead atoms. The Morgan fingerprint density at radius 3 is 1.40 bits per heavy atom. The first-order valence-corrected chi connectivity index (χ1v) is 9.51. The van der Waals surface area contributed by atoms with E-state index >= 15 is 0 Å². The SMILES string of the molecule is CCNC(C1CCC(CC)CC1)C1CCC(CC)CC1. The van der Waals surface area contributed by atoms with Crippen molar-refractivity contribution in [2.75, 3.05) is 6.54 Å². The van der Waals surface area contributed by atoms with Crippen LogP contribution >= 0.6 is 0 Å². The van der Waals surface area contributed by atoms with Gasteiger partial charge < -0.3 is 5.32 Å². The first-order chi connectivity index (χ1) is 9.78. The average molecular weight is 280 g/mol. The molecule has 20 heavy (non-hydrogen) atoms. The fraction of sp³-hybridized carbons (Fsp3) is 1.00. The van der Waals surface area contributed by atoms with Gasteiger partial charge in [-0.1, -0.05) is 59.3 Å². The lowest BCUT2D eigenvalue weighted by atomic mass is 9.69. The van der Waals surface area contributed by atoms with Crippen LogP contribution in [0.1, 0.15) is 85.0 Å². The summed E-state index contributed by atoms with van der Waals surface area (Å²) in [6.45, 7) is 8.20. The van der Waals surface area contributed by atoms with E-state index in [1.165, 1.54) is 64.2 Å². The van der Waals surface area contributed by atoms with E-state index in [0.717, 1.165) is 36.3 Å². The Labute approximate surface area is 127 Å². The molecule has 118 valence electrons. The molecule has 1 N–H and O–H groups in total. The molecule has 2 aliphatic rings. The highest BCUT2D eigenvalue weighted by atomic mass is 14.9. The van der Waals surface area contributed by atoms with Crippen molar-refractivity contribution >= 4 is 0 Å². The molecule has 0 heterocycles. The van der Waals surface area contributed by atoms with Crippen LogP contribution in [0.15, 0.2) is 0 Å². The van der Waals surface area contributed by atoms with Crippen molar-refractivity contribution in [2.45, 2.75) is 91.0 Å². The summed E-state index contributed by atoms with van der Waals surface area (Å²) in [7, 11) is 0.